The van der Waals surface area contributed by atoms with Gasteiger partial charge in [-0.3, -0.25) is 9.59 Å². The summed E-state index contributed by atoms with van der Waals surface area (Å²) in [5.74, 6) is 0.572. The lowest BCUT2D eigenvalue weighted by molar-refractivity contribution is -0.119. The third-order valence-electron chi connectivity index (χ3n) is 4.86. The standard InChI is InChI=1S/C22H23N3O4S2/c1-28-18-7-3-2-6-16(18)21(27)24-14-8-9-17-19(11-14)31-22(25-17)30-13-20(26)23-12-15-5-4-10-29-15/h2-3,6-9,11,15H,4-5,10,12-13H2,1H3,(H,23,26)(H,24,27)/t15-/m0/s1. The molecule has 1 saturated heterocycles. The molecule has 1 aliphatic rings. The summed E-state index contributed by atoms with van der Waals surface area (Å²) in [4.78, 5) is 29.3. The molecule has 0 bridgehead atoms. The number of anilines is 1. The lowest BCUT2D eigenvalue weighted by Crippen LogP contribution is -2.32. The Hall–Kier alpha value is -2.62. The van der Waals surface area contributed by atoms with Gasteiger partial charge in [-0.05, 0) is 43.2 Å². The molecular weight excluding hydrogens is 434 g/mol. The average Bonchev–Trinajstić information content (AvgIpc) is 3.45. The molecule has 0 aliphatic carbocycles. The number of amides is 2. The highest BCUT2D eigenvalue weighted by Crippen LogP contribution is 2.31. The van der Waals surface area contributed by atoms with Crippen LogP contribution in [-0.4, -0.2) is 48.9 Å². The first-order chi connectivity index (χ1) is 15.1. The minimum atomic E-state index is -0.237. The molecule has 1 fully saturated rings. The van der Waals surface area contributed by atoms with Crippen LogP contribution in [0.15, 0.2) is 46.8 Å². The van der Waals surface area contributed by atoms with Crippen molar-refractivity contribution in [3.63, 3.8) is 0 Å². The summed E-state index contributed by atoms with van der Waals surface area (Å²) in [6.07, 6.45) is 2.20. The quantitative estimate of drug-likeness (QED) is 0.498. The van der Waals surface area contributed by atoms with Gasteiger partial charge in [0.25, 0.3) is 5.91 Å². The fourth-order valence-corrected chi connectivity index (χ4v) is 5.22. The third-order valence-corrected chi connectivity index (χ3v) is 7.02. The van der Waals surface area contributed by atoms with Gasteiger partial charge < -0.3 is 20.1 Å². The molecule has 7 nitrogen and oxygen atoms in total. The third kappa shape index (κ3) is 5.55. The number of rotatable bonds is 8. The Balaban J connectivity index is 1.35. The highest BCUT2D eigenvalue weighted by Gasteiger charge is 2.17. The van der Waals surface area contributed by atoms with Crippen molar-refractivity contribution in [2.24, 2.45) is 0 Å². The van der Waals surface area contributed by atoms with Gasteiger partial charge in [0.1, 0.15) is 5.75 Å². The molecule has 1 atom stereocenters. The largest absolute Gasteiger partial charge is 0.496 e. The fraction of sp³-hybridized carbons (Fsp3) is 0.318. The van der Waals surface area contributed by atoms with Crippen LogP contribution >= 0.6 is 23.1 Å². The number of thioether (sulfide) groups is 1. The van der Waals surface area contributed by atoms with Gasteiger partial charge >= 0.3 is 0 Å². The van der Waals surface area contributed by atoms with E-state index in [4.69, 9.17) is 9.47 Å². The molecule has 2 amide bonds. The first-order valence-corrected chi connectivity index (χ1v) is 11.8. The number of carbonyl (C=O) groups is 2. The Morgan fingerprint density at radius 1 is 1.29 bits per heavy atom. The van der Waals surface area contributed by atoms with E-state index in [0.29, 0.717) is 29.3 Å². The molecular formula is C22H23N3O4S2. The maximum atomic E-state index is 12.6. The number of thiazole rings is 1. The number of methoxy groups -OCH3 is 1. The number of nitrogens with zero attached hydrogens (tertiary/aromatic N) is 1. The number of ether oxygens (including phenoxy) is 2. The summed E-state index contributed by atoms with van der Waals surface area (Å²) in [7, 11) is 1.54. The van der Waals surface area contributed by atoms with Crippen LogP contribution in [0.3, 0.4) is 0 Å². The molecule has 1 aliphatic heterocycles. The molecule has 0 radical (unpaired) electrons. The molecule has 2 heterocycles. The lowest BCUT2D eigenvalue weighted by atomic mass is 10.2. The second-order valence-corrected chi connectivity index (χ2v) is 9.30. The molecule has 2 aromatic carbocycles. The number of aromatic nitrogens is 1. The predicted molar refractivity (Wildman–Crippen MR) is 123 cm³/mol. The van der Waals surface area contributed by atoms with Gasteiger partial charge in [0.2, 0.25) is 5.91 Å². The summed E-state index contributed by atoms with van der Waals surface area (Å²) >= 11 is 2.91. The Kier molecular flexibility index (Phi) is 7.06. The Labute approximate surface area is 188 Å². The van der Waals surface area contributed by atoms with Gasteiger partial charge in [-0.1, -0.05) is 23.9 Å². The molecule has 0 unspecified atom stereocenters. The summed E-state index contributed by atoms with van der Waals surface area (Å²) in [5.41, 5.74) is 1.99. The van der Waals surface area contributed by atoms with Crippen molar-refractivity contribution in [3.05, 3.63) is 48.0 Å². The summed E-state index contributed by atoms with van der Waals surface area (Å²) in [6.45, 7) is 1.34. The Morgan fingerprint density at radius 2 is 2.16 bits per heavy atom. The lowest BCUT2D eigenvalue weighted by Gasteiger charge is -2.09. The van der Waals surface area contributed by atoms with Crippen molar-refractivity contribution in [2.45, 2.75) is 23.3 Å². The first kappa shape index (κ1) is 21.6. The van der Waals surface area contributed by atoms with Gasteiger partial charge in [-0.2, -0.15) is 0 Å². The van der Waals surface area contributed by atoms with Crippen LogP contribution in [0.1, 0.15) is 23.2 Å². The first-order valence-electron chi connectivity index (χ1n) is 9.98. The van der Waals surface area contributed by atoms with Crippen molar-refractivity contribution in [1.29, 1.82) is 0 Å². The van der Waals surface area contributed by atoms with Crippen LogP contribution in [0.4, 0.5) is 5.69 Å². The summed E-state index contributed by atoms with van der Waals surface area (Å²) < 4.78 is 12.5. The Bertz CT molecular complexity index is 1080. The number of nitrogens with one attached hydrogen (secondary N) is 2. The molecule has 4 rings (SSSR count). The maximum absolute atomic E-state index is 12.6. The van der Waals surface area contributed by atoms with E-state index in [9.17, 15) is 9.59 Å². The zero-order valence-electron chi connectivity index (χ0n) is 17.1. The van der Waals surface area contributed by atoms with Crippen LogP contribution in [0.5, 0.6) is 5.75 Å². The zero-order valence-corrected chi connectivity index (χ0v) is 18.7. The molecule has 0 spiro atoms. The van der Waals surface area contributed by atoms with Crippen molar-refractivity contribution in [2.75, 3.05) is 31.3 Å². The van der Waals surface area contributed by atoms with E-state index in [1.54, 1.807) is 18.2 Å². The van der Waals surface area contributed by atoms with Crippen LogP contribution in [0, 0.1) is 0 Å². The van der Waals surface area contributed by atoms with E-state index in [1.165, 1.54) is 30.2 Å². The highest BCUT2D eigenvalue weighted by molar-refractivity contribution is 8.01. The smallest absolute Gasteiger partial charge is 0.259 e. The zero-order chi connectivity index (χ0) is 21.6. The molecule has 31 heavy (non-hydrogen) atoms. The number of carbonyl (C=O) groups excluding carboxylic acids is 2. The van der Waals surface area contributed by atoms with Gasteiger partial charge in [-0.15, -0.1) is 11.3 Å². The van der Waals surface area contributed by atoms with E-state index in [-0.39, 0.29) is 17.9 Å². The second kappa shape index (κ2) is 10.1. The van der Waals surface area contributed by atoms with Crippen molar-refractivity contribution in [3.8, 4) is 5.75 Å². The highest BCUT2D eigenvalue weighted by atomic mass is 32.2. The minimum absolute atomic E-state index is 0.0236. The molecule has 0 saturated carbocycles. The van der Waals surface area contributed by atoms with Crippen molar-refractivity contribution in [1.82, 2.24) is 10.3 Å². The topological polar surface area (TPSA) is 89.5 Å². The summed E-state index contributed by atoms with van der Waals surface area (Å²) in [5, 5.41) is 5.82. The van der Waals surface area contributed by atoms with E-state index < -0.39 is 0 Å². The van der Waals surface area contributed by atoms with Crippen LogP contribution < -0.4 is 15.4 Å². The van der Waals surface area contributed by atoms with Gasteiger partial charge in [0, 0.05) is 18.8 Å². The number of benzene rings is 2. The van der Waals surface area contributed by atoms with E-state index >= 15 is 0 Å². The van der Waals surface area contributed by atoms with Crippen LogP contribution in [0.2, 0.25) is 0 Å². The minimum Gasteiger partial charge on any atom is -0.496 e. The number of para-hydroxylation sites is 1. The van der Waals surface area contributed by atoms with Gasteiger partial charge in [0.15, 0.2) is 4.34 Å². The van der Waals surface area contributed by atoms with Crippen LogP contribution in [0.25, 0.3) is 10.2 Å². The normalized spacial score (nSPS) is 15.7. The monoisotopic (exact) mass is 457 g/mol. The molecule has 3 aromatic rings. The number of hydrogen-bond donors (Lipinski definition) is 2. The number of fused-ring (bicyclic) bond motifs is 1. The van der Waals surface area contributed by atoms with Crippen LogP contribution in [-0.2, 0) is 9.53 Å². The predicted octanol–water partition coefficient (Wildman–Crippen LogP) is 3.94. The van der Waals surface area contributed by atoms with Crippen molar-refractivity contribution >= 4 is 50.8 Å². The van der Waals surface area contributed by atoms with E-state index in [2.05, 4.69) is 15.6 Å². The average molecular weight is 458 g/mol. The van der Waals surface area contributed by atoms with E-state index in [1.807, 2.05) is 24.3 Å². The summed E-state index contributed by atoms with van der Waals surface area (Å²) in [6, 6.07) is 12.7. The fourth-order valence-electron chi connectivity index (χ4n) is 3.28. The van der Waals surface area contributed by atoms with Crippen molar-refractivity contribution < 1.29 is 19.1 Å². The van der Waals surface area contributed by atoms with E-state index in [0.717, 1.165) is 34.0 Å². The van der Waals surface area contributed by atoms with Gasteiger partial charge in [-0.25, -0.2) is 4.98 Å². The SMILES string of the molecule is COc1ccccc1C(=O)Nc1ccc2nc(SCC(=O)NC[C@@H]3CCCO3)sc2c1. The molecule has 2 N–H and O–H groups in total. The molecule has 1 aromatic heterocycles. The molecule has 162 valence electrons. The second-order valence-electron chi connectivity index (χ2n) is 7.04. The maximum Gasteiger partial charge on any atom is 0.259 e. The van der Waals surface area contributed by atoms with Gasteiger partial charge in [0.05, 0.1) is 34.7 Å². The molecule has 9 heteroatoms. The Morgan fingerprint density at radius 3 is 2.97 bits per heavy atom. The number of hydrogen-bond acceptors (Lipinski definition) is 7.